The highest BCUT2D eigenvalue weighted by Crippen LogP contribution is 2.39. The highest BCUT2D eigenvalue weighted by molar-refractivity contribution is 7.09. The van der Waals surface area contributed by atoms with Gasteiger partial charge in [-0.15, -0.1) is 11.3 Å². The predicted molar refractivity (Wildman–Crippen MR) is 136 cm³/mol. The number of hydrogen-bond acceptors (Lipinski definition) is 6. The van der Waals surface area contributed by atoms with Gasteiger partial charge in [0, 0.05) is 55.2 Å². The van der Waals surface area contributed by atoms with Crippen LogP contribution in [0, 0.1) is 11.3 Å². The number of para-hydroxylation sites is 1. The van der Waals surface area contributed by atoms with Crippen molar-refractivity contribution in [2.24, 2.45) is 11.3 Å². The summed E-state index contributed by atoms with van der Waals surface area (Å²) >= 11 is 1.50. The molecule has 184 valence electrons. The number of benzene rings is 1. The van der Waals surface area contributed by atoms with E-state index >= 15 is 0 Å². The molecule has 2 unspecified atom stereocenters. The Morgan fingerprint density at radius 3 is 2.53 bits per heavy atom. The summed E-state index contributed by atoms with van der Waals surface area (Å²) in [5.74, 6) is -0.642. The second kappa shape index (κ2) is 8.83. The number of nitrogens with zero attached hydrogens (tertiary/aromatic N) is 3. The minimum absolute atomic E-state index is 0.0173. The summed E-state index contributed by atoms with van der Waals surface area (Å²) in [5.41, 5.74) is 0.0168. The van der Waals surface area contributed by atoms with Gasteiger partial charge in [-0.2, -0.15) is 0 Å². The zero-order valence-corrected chi connectivity index (χ0v) is 20.4. The van der Waals surface area contributed by atoms with Crippen molar-refractivity contribution < 1.29 is 14.4 Å². The first kappa shape index (κ1) is 22.9. The third-order valence-corrected chi connectivity index (χ3v) is 8.47. The molecular weight excluding hydrogens is 476 g/mol. The zero-order chi connectivity index (χ0) is 24.9. The number of carbonyl (C=O) groups is 3. The number of likely N-dealkylation sites (tertiary alicyclic amines) is 1. The maximum Gasteiger partial charge on any atom is 0.335 e. The van der Waals surface area contributed by atoms with Gasteiger partial charge in [0.25, 0.3) is 11.5 Å². The quantitative estimate of drug-likeness (QED) is 0.542. The van der Waals surface area contributed by atoms with Gasteiger partial charge in [0.1, 0.15) is 5.41 Å². The molecule has 2 saturated heterocycles. The Kier molecular flexibility index (Phi) is 5.61. The summed E-state index contributed by atoms with van der Waals surface area (Å²) in [7, 11) is 0. The van der Waals surface area contributed by atoms with Crippen LogP contribution in [0.1, 0.15) is 22.9 Å². The number of anilines is 1. The summed E-state index contributed by atoms with van der Waals surface area (Å²) in [5, 5.41) is 4.41. The van der Waals surface area contributed by atoms with Crippen LogP contribution in [0.2, 0.25) is 0 Å². The number of thiophene rings is 1. The number of piperidine rings is 1. The largest absolute Gasteiger partial charge is 0.335 e. The van der Waals surface area contributed by atoms with E-state index < -0.39 is 23.3 Å². The molecule has 3 aromatic rings. The fraction of sp³-hybridized carbons (Fsp3) is 0.333. The second-order valence-corrected chi connectivity index (χ2v) is 11.0. The summed E-state index contributed by atoms with van der Waals surface area (Å²) in [6, 6.07) is 17.2. The minimum Gasteiger partial charge on any atom is -0.312 e. The summed E-state index contributed by atoms with van der Waals surface area (Å²) in [4.78, 5) is 57.2. The van der Waals surface area contributed by atoms with Crippen molar-refractivity contribution in [2.75, 3.05) is 24.5 Å². The predicted octanol–water partition coefficient (Wildman–Crippen LogP) is 2.84. The first-order valence-electron chi connectivity index (χ1n) is 12.1. The number of urea groups is 1. The van der Waals surface area contributed by atoms with Crippen molar-refractivity contribution >= 4 is 34.9 Å². The van der Waals surface area contributed by atoms with Crippen molar-refractivity contribution in [2.45, 2.75) is 25.3 Å². The molecule has 2 fully saturated rings. The lowest BCUT2D eigenvalue weighted by Gasteiger charge is -2.47. The average molecular weight is 503 g/mol. The average Bonchev–Trinajstić information content (AvgIpc) is 3.37. The number of aromatic nitrogens is 1. The third-order valence-electron chi connectivity index (χ3n) is 7.59. The lowest BCUT2D eigenvalue weighted by molar-refractivity contribution is -0.144. The normalized spacial score (nSPS) is 26.0. The molecule has 2 aromatic heterocycles. The Labute approximate surface area is 212 Å². The Morgan fingerprint density at radius 2 is 1.75 bits per heavy atom. The molecule has 0 saturated carbocycles. The van der Waals surface area contributed by atoms with Gasteiger partial charge in [0.15, 0.2) is 0 Å². The van der Waals surface area contributed by atoms with Gasteiger partial charge in [-0.3, -0.25) is 19.7 Å². The molecule has 36 heavy (non-hydrogen) atoms. The molecule has 0 radical (unpaired) electrons. The van der Waals surface area contributed by atoms with Crippen LogP contribution in [0.15, 0.2) is 70.8 Å². The number of nitrogens with one attached hydrogen (secondary N) is 1. The molecule has 9 heteroatoms. The third kappa shape index (κ3) is 3.79. The molecule has 6 rings (SSSR count). The second-order valence-electron chi connectivity index (χ2n) is 9.97. The first-order chi connectivity index (χ1) is 17.4. The molecule has 0 aliphatic carbocycles. The Hall–Kier alpha value is -3.56. The van der Waals surface area contributed by atoms with Gasteiger partial charge in [0.05, 0.1) is 5.69 Å². The Morgan fingerprint density at radius 1 is 0.917 bits per heavy atom. The lowest BCUT2D eigenvalue weighted by atomic mass is 9.77. The summed E-state index contributed by atoms with van der Waals surface area (Å²) in [6.07, 6.45) is 1.19. The number of rotatable bonds is 5. The van der Waals surface area contributed by atoms with E-state index in [1.54, 1.807) is 36.4 Å². The summed E-state index contributed by atoms with van der Waals surface area (Å²) in [6.45, 7) is 2.17. The van der Waals surface area contributed by atoms with Gasteiger partial charge < -0.3 is 9.47 Å². The van der Waals surface area contributed by atoms with Crippen LogP contribution in [0.25, 0.3) is 0 Å². The van der Waals surface area contributed by atoms with E-state index in [4.69, 9.17) is 0 Å². The molecule has 4 amide bonds. The maximum absolute atomic E-state index is 14.1. The van der Waals surface area contributed by atoms with E-state index in [9.17, 15) is 19.2 Å². The van der Waals surface area contributed by atoms with Gasteiger partial charge in [-0.05, 0) is 42.0 Å². The minimum atomic E-state index is -1.45. The number of hydrogen-bond donors (Lipinski definition) is 1. The van der Waals surface area contributed by atoms with Crippen LogP contribution in [-0.4, -0.2) is 46.9 Å². The van der Waals surface area contributed by atoms with E-state index in [0.717, 1.165) is 21.9 Å². The zero-order valence-electron chi connectivity index (χ0n) is 19.6. The first-order valence-corrected chi connectivity index (χ1v) is 13.0. The molecule has 3 aliphatic rings. The summed E-state index contributed by atoms with van der Waals surface area (Å²) < 4.78 is 1.87. The van der Waals surface area contributed by atoms with E-state index in [2.05, 4.69) is 10.2 Å². The smallest absolute Gasteiger partial charge is 0.312 e. The van der Waals surface area contributed by atoms with Gasteiger partial charge in [-0.1, -0.05) is 30.3 Å². The van der Waals surface area contributed by atoms with Gasteiger partial charge in [-0.25, -0.2) is 9.69 Å². The number of fused-ring (bicyclic) bond motifs is 4. The number of imide groups is 2. The molecule has 8 nitrogen and oxygen atoms in total. The molecule has 1 N–H and O–H groups in total. The highest BCUT2D eigenvalue weighted by atomic mass is 32.1. The number of carbonyl (C=O) groups excluding carboxylic acids is 3. The van der Waals surface area contributed by atoms with Crippen molar-refractivity contribution in [1.82, 2.24) is 14.8 Å². The fourth-order valence-electron chi connectivity index (χ4n) is 6.06. The monoisotopic (exact) mass is 502 g/mol. The van der Waals surface area contributed by atoms with Crippen molar-refractivity contribution in [3.8, 4) is 0 Å². The molecule has 1 aromatic carbocycles. The molecule has 0 spiro atoms. The van der Waals surface area contributed by atoms with E-state index in [1.165, 1.54) is 11.3 Å². The molecule has 5 heterocycles. The molecular formula is C27H26N4O4S. The Balaban J connectivity index is 1.36. The SMILES string of the molecule is O=C1NC(=O)C(Cc2cccs2)(CN2CC3C[C@@H](C2)c2cccc(=O)n2C3)C(=O)N1c1ccccc1. The highest BCUT2D eigenvalue weighted by Gasteiger charge is 2.56. The van der Waals surface area contributed by atoms with Gasteiger partial charge in [0.2, 0.25) is 5.91 Å². The maximum atomic E-state index is 14.1. The van der Waals surface area contributed by atoms with E-state index in [0.29, 0.717) is 25.3 Å². The Bertz CT molecular complexity index is 1390. The van der Waals surface area contributed by atoms with Crippen LogP contribution in [0.5, 0.6) is 0 Å². The number of pyridine rings is 1. The number of barbiturate groups is 1. The van der Waals surface area contributed by atoms with E-state index in [1.807, 2.05) is 34.2 Å². The van der Waals surface area contributed by atoms with Crippen LogP contribution in [0.3, 0.4) is 0 Å². The molecule has 3 atom stereocenters. The number of amides is 4. The van der Waals surface area contributed by atoms with Crippen LogP contribution in [0.4, 0.5) is 10.5 Å². The van der Waals surface area contributed by atoms with Crippen molar-refractivity contribution in [3.63, 3.8) is 0 Å². The molecule has 3 aliphatic heterocycles. The van der Waals surface area contributed by atoms with Crippen LogP contribution >= 0.6 is 11.3 Å². The topological polar surface area (TPSA) is 91.7 Å². The lowest BCUT2D eigenvalue weighted by Crippen LogP contribution is -2.68. The van der Waals surface area contributed by atoms with Crippen molar-refractivity contribution in [3.05, 3.63) is 87.0 Å². The standard InChI is InChI=1S/C27H26N4O4S/c32-23-10-4-9-22-19-12-18(15-30(22)23)14-29(16-19)17-27(13-21-8-5-11-36-21)24(33)28-26(35)31(25(27)34)20-6-2-1-3-7-20/h1-11,18-19H,12-17H2,(H,28,33,35)/t18?,19-,27?/m0/s1. The van der Waals surface area contributed by atoms with Crippen LogP contribution < -0.4 is 15.8 Å². The fourth-order valence-corrected chi connectivity index (χ4v) is 6.87. The van der Waals surface area contributed by atoms with E-state index in [-0.39, 0.29) is 30.4 Å². The molecule has 2 bridgehead atoms. The van der Waals surface area contributed by atoms with Crippen LogP contribution in [-0.2, 0) is 22.6 Å². The van der Waals surface area contributed by atoms with Gasteiger partial charge >= 0.3 is 6.03 Å². The van der Waals surface area contributed by atoms with Crippen molar-refractivity contribution in [1.29, 1.82) is 0 Å².